The molecule has 1 aliphatic rings. The molecule has 0 aliphatic heterocycles. The summed E-state index contributed by atoms with van der Waals surface area (Å²) in [5, 5.41) is 0. The molecule has 0 saturated carbocycles. The van der Waals surface area contributed by atoms with Gasteiger partial charge in [0.25, 0.3) is 0 Å². The van der Waals surface area contributed by atoms with Gasteiger partial charge in [0.2, 0.25) is 0 Å². The average molecular weight is 218 g/mol. The molecule has 17 heavy (non-hydrogen) atoms. The second kappa shape index (κ2) is 3.76. The SMILES string of the molecule is CC(C)=C=C1c2ccccc2-c2ccccc21. The van der Waals surface area contributed by atoms with Crippen LogP contribution in [0.1, 0.15) is 25.0 Å². The largest absolute Gasteiger partial charge is 0.113 e. The maximum Gasteiger partial charge on any atom is 0.0321 e. The molecule has 2 aromatic rings. The lowest BCUT2D eigenvalue weighted by molar-refractivity contribution is 1.41. The maximum atomic E-state index is 3.49. The highest BCUT2D eigenvalue weighted by molar-refractivity contribution is 6.00. The fraction of sp³-hybridized carbons (Fsp3) is 0.118. The monoisotopic (exact) mass is 218 g/mol. The van der Waals surface area contributed by atoms with Gasteiger partial charge in [-0.15, -0.1) is 5.73 Å². The molecule has 0 fully saturated rings. The van der Waals surface area contributed by atoms with Gasteiger partial charge in [0.05, 0.1) is 0 Å². The smallest absolute Gasteiger partial charge is 0.0321 e. The molecule has 0 radical (unpaired) electrons. The van der Waals surface area contributed by atoms with E-state index in [1.54, 1.807) is 0 Å². The van der Waals surface area contributed by atoms with Gasteiger partial charge in [0.1, 0.15) is 0 Å². The van der Waals surface area contributed by atoms with E-state index in [4.69, 9.17) is 0 Å². The van der Waals surface area contributed by atoms with Gasteiger partial charge in [-0.2, -0.15) is 0 Å². The van der Waals surface area contributed by atoms with E-state index in [9.17, 15) is 0 Å². The molecule has 0 unspecified atom stereocenters. The van der Waals surface area contributed by atoms with Crippen molar-refractivity contribution in [2.45, 2.75) is 13.8 Å². The molecule has 0 aromatic heterocycles. The van der Waals surface area contributed by atoms with E-state index in [-0.39, 0.29) is 0 Å². The fourth-order valence-electron chi connectivity index (χ4n) is 2.40. The summed E-state index contributed by atoms with van der Waals surface area (Å²) in [6.45, 7) is 4.19. The van der Waals surface area contributed by atoms with Crippen LogP contribution in [0.2, 0.25) is 0 Å². The first kappa shape index (κ1) is 10.1. The summed E-state index contributed by atoms with van der Waals surface area (Å²) in [4.78, 5) is 0. The van der Waals surface area contributed by atoms with Crippen molar-refractivity contribution in [1.29, 1.82) is 0 Å². The molecule has 0 atom stereocenters. The number of hydrogen-bond donors (Lipinski definition) is 0. The van der Waals surface area contributed by atoms with Crippen LogP contribution in [0.25, 0.3) is 16.7 Å². The van der Waals surface area contributed by atoms with Gasteiger partial charge in [-0.1, -0.05) is 48.5 Å². The Labute approximate surface area is 102 Å². The molecule has 0 heterocycles. The number of benzene rings is 2. The minimum absolute atomic E-state index is 1.21. The van der Waals surface area contributed by atoms with Crippen LogP contribution in [0.15, 0.2) is 59.8 Å². The summed E-state index contributed by atoms with van der Waals surface area (Å²) in [6.07, 6.45) is 0. The van der Waals surface area contributed by atoms with Crippen molar-refractivity contribution in [3.05, 3.63) is 71.0 Å². The second-order valence-corrected chi connectivity index (χ2v) is 4.59. The highest BCUT2D eigenvalue weighted by Gasteiger charge is 2.21. The van der Waals surface area contributed by atoms with Crippen LogP contribution in [-0.2, 0) is 0 Å². The lowest BCUT2D eigenvalue weighted by Gasteiger charge is -1.98. The Hall–Kier alpha value is -2.04. The molecule has 82 valence electrons. The zero-order valence-corrected chi connectivity index (χ0v) is 10.1. The molecule has 1 aliphatic carbocycles. The number of hydrogen-bond acceptors (Lipinski definition) is 0. The lowest BCUT2D eigenvalue weighted by atomic mass is 10.0. The predicted octanol–water partition coefficient (Wildman–Crippen LogP) is 4.66. The number of rotatable bonds is 0. The topological polar surface area (TPSA) is 0 Å². The van der Waals surface area contributed by atoms with E-state index in [1.165, 1.54) is 33.4 Å². The average Bonchev–Trinajstić information content (AvgIpc) is 2.65. The number of allylic oxidation sites excluding steroid dienone is 1. The summed E-state index contributed by atoms with van der Waals surface area (Å²) in [5.41, 5.74) is 11.2. The predicted molar refractivity (Wildman–Crippen MR) is 72.8 cm³/mol. The summed E-state index contributed by atoms with van der Waals surface area (Å²) >= 11 is 0. The minimum atomic E-state index is 1.21. The first-order valence-electron chi connectivity index (χ1n) is 5.90. The van der Waals surface area contributed by atoms with Gasteiger partial charge in [0.15, 0.2) is 0 Å². The molecule has 0 spiro atoms. The lowest BCUT2D eigenvalue weighted by Crippen LogP contribution is -1.78. The highest BCUT2D eigenvalue weighted by atomic mass is 14.2. The Morgan fingerprint density at radius 1 is 0.706 bits per heavy atom. The van der Waals surface area contributed by atoms with Crippen molar-refractivity contribution in [2.24, 2.45) is 0 Å². The Bertz CT molecular complexity index is 602. The van der Waals surface area contributed by atoms with Crippen molar-refractivity contribution in [3.63, 3.8) is 0 Å². The fourth-order valence-corrected chi connectivity index (χ4v) is 2.40. The van der Waals surface area contributed by atoms with E-state index in [1.807, 2.05) is 0 Å². The van der Waals surface area contributed by atoms with E-state index in [0.717, 1.165) is 0 Å². The standard InChI is InChI=1S/C17H14/c1-12(2)11-17-15-9-5-3-7-13(15)14-8-4-6-10-16(14)17/h3-10H,1-2H3. The quantitative estimate of drug-likeness (QED) is 0.481. The van der Waals surface area contributed by atoms with E-state index < -0.39 is 0 Å². The van der Waals surface area contributed by atoms with Crippen LogP contribution < -0.4 is 0 Å². The maximum absolute atomic E-state index is 3.49. The van der Waals surface area contributed by atoms with Crippen LogP contribution >= 0.6 is 0 Å². The van der Waals surface area contributed by atoms with Crippen molar-refractivity contribution in [2.75, 3.05) is 0 Å². The molecule has 0 N–H and O–H groups in total. The van der Waals surface area contributed by atoms with E-state index in [0.29, 0.717) is 0 Å². The third-order valence-corrected chi connectivity index (χ3v) is 3.06. The third kappa shape index (κ3) is 1.54. The van der Waals surface area contributed by atoms with Crippen LogP contribution in [0.4, 0.5) is 0 Å². The molecule has 0 bridgehead atoms. The second-order valence-electron chi connectivity index (χ2n) is 4.59. The number of fused-ring (bicyclic) bond motifs is 3. The van der Waals surface area contributed by atoms with Crippen LogP contribution in [-0.4, -0.2) is 0 Å². The first-order chi connectivity index (χ1) is 8.27. The van der Waals surface area contributed by atoms with Gasteiger partial charge in [-0.25, -0.2) is 0 Å². The van der Waals surface area contributed by atoms with Crippen molar-refractivity contribution in [1.82, 2.24) is 0 Å². The van der Waals surface area contributed by atoms with Crippen LogP contribution in [0.3, 0.4) is 0 Å². The molecule has 0 nitrogen and oxygen atoms in total. The third-order valence-electron chi connectivity index (χ3n) is 3.06. The zero-order chi connectivity index (χ0) is 11.8. The summed E-state index contributed by atoms with van der Waals surface area (Å²) < 4.78 is 0. The molecule has 0 heteroatoms. The van der Waals surface area contributed by atoms with Crippen LogP contribution in [0.5, 0.6) is 0 Å². The van der Waals surface area contributed by atoms with Crippen molar-refractivity contribution < 1.29 is 0 Å². The first-order valence-corrected chi connectivity index (χ1v) is 5.90. The normalized spacial score (nSPS) is 11.8. The summed E-state index contributed by atoms with van der Waals surface area (Å²) in [6, 6.07) is 17.1. The Kier molecular flexibility index (Phi) is 2.24. The van der Waals surface area contributed by atoms with Crippen molar-refractivity contribution in [3.8, 4) is 11.1 Å². The van der Waals surface area contributed by atoms with E-state index >= 15 is 0 Å². The van der Waals surface area contributed by atoms with Crippen molar-refractivity contribution >= 4 is 5.57 Å². The molecule has 3 rings (SSSR count). The van der Waals surface area contributed by atoms with Gasteiger partial charge in [-0.05, 0) is 41.7 Å². The van der Waals surface area contributed by atoms with E-state index in [2.05, 4.69) is 68.1 Å². The molecular formula is C17H14. The molecule has 0 saturated heterocycles. The Morgan fingerprint density at radius 3 is 1.53 bits per heavy atom. The highest BCUT2D eigenvalue weighted by Crippen LogP contribution is 2.43. The molecule has 0 amide bonds. The Balaban J connectivity index is 2.44. The molecular weight excluding hydrogens is 204 g/mol. The van der Waals surface area contributed by atoms with Gasteiger partial charge >= 0.3 is 0 Å². The van der Waals surface area contributed by atoms with Crippen LogP contribution in [0, 0.1) is 0 Å². The van der Waals surface area contributed by atoms with Gasteiger partial charge < -0.3 is 0 Å². The summed E-state index contributed by atoms with van der Waals surface area (Å²) in [5.74, 6) is 0. The molecule has 2 aromatic carbocycles. The zero-order valence-electron chi connectivity index (χ0n) is 10.1. The van der Waals surface area contributed by atoms with Gasteiger partial charge in [-0.3, -0.25) is 0 Å². The summed E-state index contributed by atoms with van der Waals surface area (Å²) in [7, 11) is 0. The minimum Gasteiger partial charge on any atom is -0.113 e. The Morgan fingerprint density at radius 2 is 1.12 bits per heavy atom. The van der Waals surface area contributed by atoms with Gasteiger partial charge in [0, 0.05) is 5.57 Å².